The van der Waals surface area contributed by atoms with E-state index in [1.165, 1.54) is 0 Å². The molecule has 3 rings (SSSR count). The van der Waals surface area contributed by atoms with Crippen LogP contribution in [0.4, 0.5) is 0 Å². The lowest BCUT2D eigenvalue weighted by Crippen LogP contribution is -2.57. The summed E-state index contributed by atoms with van der Waals surface area (Å²) in [5, 5.41) is 0. The molecule has 2 aliphatic rings. The number of likely N-dealkylation sites (tertiary alicyclic amines) is 1. The second-order valence-corrected chi connectivity index (χ2v) is 6.11. The number of rotatable bonds is 2. The van der Waals surface area contributed by atoms with Crippen LogP contribution >= 0.6 is 0 Å². The van der Waals surface area contributed by atoms with E-state index in [1.807, 2.05) is 36.1 Å². The maximum absolute atomic E-state index is 12.6. The number of aryl methyl sites for hydroxylation is 1. The fourth-order valence-corrected chi connectivity index (χ4v) is 3.55. The molecule has 2 aliphatic heterocycles. The summed E-state index contributed by atoms with van der Waals surface area (Å²) in [6.07, 6.45) is 2.97. The molecule has 2 atom stereocenters. The summed E-state index contributed by atoms with van der Waals surface area (Å²) in [6, 6.07) is 7.77. The third kappa shape index (κ3) is 2.70. The smallest absolute Gasteiger partial charge is 0.253 e. The number of carbonyl (C=O) groups is 1. The minimum atomic E-state index is -0.169. The van der Waals surface area contributed by atoms with Gasteiger partial charge in [-0.1, -0.05) is 17.7 Å². The van der Waals surface area contributed by atoms with Gasteiger partial charge >= 0.3 is 0 Å². The summed E-state index contributed by atoms with van der Waals surface area (Å²) in [6.45, 7) is 4.17. The van der Waals surface area contributed by atoms with Crippen LogP contribution in [0.1, 0.15) is 35.2 Å². The molecule has 0 radical (unpaired) electrons. The summed E-state index contributed by atoms with van der Waals surface area (Å²) < 4.78 is 11.6. The van der Waals surface area contributed by atoms with Gasteiger partial charge in [0.1, 0.15) is 6.10 Å². The van der Waals surface area contributed by atoms with Crippen LogP contribution in [0.5, 0.6) is 0 Å². The van der Waals surface area contributed by atoms with E-state index in [0.717, 1.165) is 43.5 Å². The molecule has 4 heteroatoms. The highest BCUT2D eigenvalue weighted by Gasteiger charge is 2.47. The maximum atomic E-state index is 12.6. The van der Waals surface area contributed by atoms with Crippen LogP contribution in [-0.4, -0.2) is 49.3 Å². The van der Waals surface area contributed by atoms with Crippen molar-refractivity contribution < 1.29 is 14.3 Å². The Bertz CT molecular complexity index is 523. The van der Waals surface area contributed by atoms with E-state index in [4.69, 9.17) is 9.47 Å². The van der Waals surface area contributed by atoms with E-state index >= 15 is 0 Å². The highest BCUT2D eigenvalue weighted by atomic mass is 16.5. The SMILES string of the molecule is CO[C@H]1CN(C(=O)c2cccc(C)c2)CC[C@@]12CCCO2. The van der Waals surface area contributed by atoms with E-state index in [2.05, 4.69) is 0 Å². The number of ether oxygens (including phenoxy) is 2. The van der Waals surface area contributed by atoms with E-state index in [9.17, 15) is 4.79 Å². The van der Waals surface area contributed by atoms with Crippen molar-refractivity contribution in [2.75, 3.05) is 26.8 Å². The van der Waals surface area contributed by atoms with Gasteiger partial charge in [0.15, 0.2) is 0 Å². The van der Waals surface area contributed by atoms with Crippen molar-refractivity contribution in [2.24, 2.45) is 0 Å². The Kier molecular flexibility index (Phi) is 4.00. The summed E-state index contributed by atoms with van der Waals surface area (Å²) in [7, 11) is 1.72. The lowest BCUT2D eigenvalue weighted by Gasteiger charge is -2.44. The molecule has 2 saturated heterocycles. The average Bonchev–Trinajstić information content (AvgIpc) is 2.96. The lowest BCUT2D eigenvalue weighted by atomic mass is 9.85. The van der Waals surface area contributed by atoms with Crippen LogP contribution in [0, 0.1) is 6.92 Å². The fourth-order valence-electron chi connectivity index (χ4n) is 3.55. The monoisotopic (exact) mass is 289 g/mol. The number of piperidine rings is 1. The third-order valence-corrected chi connectivity index (χ3v) is 4.75. The third-order valence-electron chi connectivity index (χ3n) is 4.75. The summed E-state index contributed by atoms with van der Waals surface area (Å²) in [4.78, 5) is 14.5. The van der Waals surface area contributed by atoms with Gasteiger partial charge in [-0.3, -0.25) is 4.79 Å². The molecule has 0 aliphatic carbocycles. The molecular weight excluding hydrogens is 266 g/mol. The first-order chi connectivity index (χ1) is 10.1. The first-order valence-electron chi connectivity index (χ1n) is 7.67. The van der Waals surface area contributed by atoms with Gasteiger partial charge in [-0.05, 0) is 38.3 Å². The Morgan fingerprint density at radius 2 is 2.29 bits per heavy atom. The molecule has 4 nitrogen and oxygen atoms in total. The van der Waals surface area contributed by atoms with Crippen LogP contribution in [-0.2, 0) is 9.47 Å². The van der Waals surface area contributed by atoms with Gasteiger partial charge in [-0.2, -0.15) is 0 Å². The van der Waals surface area contributed by atoms with Gasteiger partial charge in [0, 0.05) is 32.4 Å². The number of amides is 1. The van der Waals surface area contributed by atoms with Gasteiger partial charge in [0.2, 0.25) is 0 Å². The topological polar surface area (TPSA) is 38.8 Å². The highest BCUT2D eigenvalue weighted by Crippen LogP contribution is 2.37. The van der Waals surface area contributed by atoms with Crippen LogP contribution in [0.3, 0.4) is 0 Å². The van der Waals surface area contributed by atoms with Crippen molar-refractivity contribution in [3.05, 3.63) is 35.4 Å². The van der Waals surface area contributed by atoms with Crippen LogP contribution in [0.2, 0.25) is 0 Å². The van der Waals surface area contributed by atoms with Crippen molar-refractivity contribution in [1.82, 2.24) is 4.90 Å². The molecule has 0 unspecified atom stereocenters. The molecule has 1 aromatic rings. The lowest BCUT2D eigenvalue weighted by molar-refractivity contribution is -0.136. The zero-order valence-corrected chi connectivity index (χ0v) is 12.8. The van der Waals surface area contributed by atoms with Crippen molar-refractivity contribution >= 4 is 5.91 Å². The van der Waals surface area contributed by atoms with Crippen molar-refractivity contribution in [1.29, 1.82) is 0 Å². The first-order valence-corrected chi connectivity index (χ1v) is 7.67. The molecule has 0 N–H and O–H groups in total. The maximum Gasteiger partial charge on any atom is 0.253 e. The van der Waals surface area contributed by atoms with Gasteiger partial charge in [-0.15, -0.1) is 0 Å². The number of hydrogen-bond donors (Lipinski definition) is 0. The summed E-state index contributed by atoms with van der Waals surface area (Å²) >= 11 is 0. The zero-order chi connectivity index (χ0) is 14.9. The second-order valence-electron chi connectivity index (χ2n) is 6.11. The molecule has 1 aromatic carbocycles. The molecule has 2 heterocycles. The van der Waals surface area contributed by atoms with Crippen molar-refractivity contribution in [3.8, 4) is 0 Å². The first kappa shape index (κ1) is 14.5. The number of nitrogens with zero attached hydrogens (tertiary/aromatic N) is 1. The molecule has 1 amide bonds. The van der Waals surface area contributed by atoms with Crippen LogP contribution < -0.4 is 0 Å². The summed E-state index contributed by atoms with van der Waals surface area (Å²) in [5.41, 5.74) is 1.70. The number of methoxy groups -OCH3 is 1. The largest absolute Gasteiger partial charge is 0.377 e. The Morgan fingerprint density at radius 3 is 2.95 bits per heavy atom. The fraction of sp³-hybridized carbons (Fsp3) is 0.588. The molecule has 0 saturated carbocycles. The van der Waals surface area contributed by atoms with Crippen LogP contribution in [0.25, 0.3) is 0 Å². The minimum Gasteiger partial charge on any atom is -0.377 e. The molecule has 1 spiro atoms. The Morgan fingerprint density at radius 1 is 1.43 bits per heavy atom. The molecule has 0 aromatic heterocycles. The van der Waals surface area contributed by atoms with E-state index < -0.39 is 0 Å². The van der Waals surface area contributed by atoms with Crippen LogP contribution in [0.15, 0.2) is 24.3 Å². The highest BCUT2D eigenvalue weighted by molar-refractivity contribution is 5.94. The van der Waals surface area contributed by atoms with E-state index in [-0.39, 0.29) is 17.6 Å². The molecule has 2 fully saturated rings. The number of hydrogen-bond acceptors (Lipinski definition) is 3. The average molecular weight is 289 g/mol. The predicted octanol–water partition coefficient (Wildman–Crippen LogP) is 2.41. The molecular formula is C17H23NO3. The summed E-state index contributed by atoms with van der Waals surface area (Å²) in [5.74, 6) is 0.0913. The standard InChI is InChI=1S/C17H23NO3/c1-13-5-3-6-14(11-13)16(19)18-9-8-17(7-4-10-21-17)15(12-18)20-2/h3,5-6,11,15H,4,7-10,12H2,1-2H3/t15-,17-/m0/s1. The Hall–Kier alpha value is -1.39. The van der Waals surface area contributed by atoms with Gasteiger partial charge in [-0.25, -0.2) is 0 Å². The van der Waals surface area contributed by atoms with E-state index in [0.29, 0.717) is 6.54 Å². The Labute approximate surface area is 126 Å². The molecule has 114 valence electrons. The van der Waals surface area contributed by atoms with E-state index in [1.54, 1.807) is 7.11 Å². The molecule has 21 heavy (non-hydrogen) atoms. The predicted molar refractivity (Wildman–Crippen MR) is 80.4 cm³/mol. The zero-order valence-electron chi connectivity index (χ0n) is 12.8. The molecule has 0 bridgehead atoms. The second kappa shape index (κ2) is 5.78. The van der Waals surface area contributed by atoms with Gasteiger partial charge in [0.25, 0.3) is 5.91 Å². The number of benzene rings is 1. The van der Waals surface area contributed by atoms with Gasteiger partial charge < -0.3 is 14.4 Å². The number of carbonyl (C=O) groups excluding carboxylic acids is 1. The minimum absolute atomic E-state index is 0.0255. The van der Waals surface area contributed by atoms with Crippen molar-refractivity contribution in [3.63, 3.8) is 0 Å². The normalized spacial score (nSPS) is 29.0. The van der Waals surface area contributed by atoms with Crippen molar-refractivity contribution in [2.45, 2.75) is 37.9 Å². The van der Waals surface area contributed by atoms with Gasteiger partial charge in [0.05, 0.1) is 5.60 Å². The Balaban J connectivity index is 1.75. The quantitative estimate of drug-likeness (QED) is 0.839.